The number of carbonyl (C=O) groups is 2. The Morgan fingerprint density at radius 2 is 2.09 bits per heavy atom. The van der Waals surface area contributed by atoms with Crippen molar-refractivity contribution in [3.63, 3.8) is 0 Å². The lowest BCUT2D eigenvalue weighted by Crippen LogP contribution is -2.37. The fraction of sp³-hybridized carbons (Fsp3) is 0.500. The van der Waals surface area contributed by atoms with Crippen LogP contribution in [0.15, 0.2) is 24.4 Å². The van der Waals surface area contributed by atoms with Crippen LogP contribution in [-0.4, -0.2) is 31.6 Å². The largest absolute Gasteiger partial charge is 0.481 e. The zero-order chi connectivity index (χ0) is 16.4. The average molecular weight is 316 g/mol. The van der Waals surface area contributed by atoms with Crippen molar-refractivity contribution >= 4 is 17.5 Å². The predicted molar refractivity (Wildman–Crippen MR) is 82.6 cm³/mol. The van der Waals surface area contributed by atoms with E-state index in [2.05, 4.69) is 15.5 Å². The summed E-state index contributed by atoms with van der Waals surface area (Å²) in [7, 11) is 0. The molecule has 0 radical (unpaired) electrons. The molecule has 1 aliphatic carbocycles. The van der Waals surface area contributed by atoms with Gasteiger partial charge in [-0.25, -0.2) is 0 Å². The van der Waals surface area contributed by atoms with Gasteiger partial charge in [0.2, 0.25) is 5.91 Å². The molecule has 2 heterocycles. The minimum atomic E-state index is -0.806. The highest BCUT2D eigenvalue weighted by Gasteiger charge is 2.31. The summed E-state index contributed by atoms with van der Waals surface area (Å²) in [4.78, 5) is 23.6. The molecule has 1 aliphatic rings. The third-order valence-corrected chi connectivity index (χ3v) is 4.48. The van der Waals surface area contributed by atoms with Crippen LogP contribution in [-0.2, 0) is 9.59 Å². The number of hydrogen-bond donors (Lipinski definition) is 2. The molecule has 0 aliphatic heterocycles. The third-order valence-electron chi connectivity index (χ3n) is 4.48. The normalized spacial score (nSPS) is 22.7. The minimum absolute atomic E-state index is 0.101. The molecular formula is C16H20N4O3. The fourth-order valence-corrected chi connectivity index (χ4v) is 3.20. The third kappa shape index (κ3) is 3.18. The van der Waals surface area contributed by atoms with Crippen LogP contribution in [0.25, 0.3) is 5.65 Å². The fourth-order valence-electron chi connectivity index (χ4n) is 3.20. The second-order valence-corrected chi connectivity index (χ2v) is 6.12. The summed E-state index contributed by atoms with van der Waals surface area (Å²) in [5.74, 6) is -0.898. The van der Waals surface area contributed by atoms with Crippen LogP contribution in [0.3, 0.4) is 0 Å². The molecule has 7 nitrogen and oxygen atoms in total. The SMILES string of the molecule is CC(NC(=O)C1CCCC(C(=O)O)C1)c1nnc2ccccn12. The van der Waals surface area contributed by atoms with Gasteiger partial charge in [-0.15, -0.1) is 10.2 Å². The Labute approximate surface area is 133 Å². The van der Waals surface area contributed by atoms with Crippen molar-refractivity contribution in [3.05, 3.63) is 30.2 Å². The molecule has 0 aromatic carbocycles. The number of amides is 1. The van der Waals surface area contributed by atoms with Gasteiger partial charge in [0.05, 0.1) is 12.0 Å². The number of nitrogens with zero attached hydrogens (tertiary/aromatic N) is 3. The Morgan fingerprint density at radius 3 is 2.87 bits per heavy atom. The summed E-state index contributed by atoms with van der Waals surface area (Å²) >= 11 is 0. The number of carboxylic acid groups (broad SMARTS) is 1. The Kier molecular flexibility index (Phi) is 4.27. The zero-order valence-corrected chi connectivity index (χ0v) is 13.0. The van der Waals surface area contributed by atoms with E-state index in [1.54, 1.807) is 0 Å². The molecule has 0 saturated heterocycles. The molecule has 2 aromatic heterocycles. The van der Waals surface area contributed by atoms with Gasteiger partial charge in [0.25, 0.3) is 0 Å². The highest BCUT2D eigenvalue weighted by atomic mass is 16.4. The van der Waals surface area contributed by atoms with E-state index in [1.165, 1.54) is 0 Å². The van der Waals surface area contributed by atoms with Crippen LogP contribution in [0.1, 0.15) is 44.5 Å². The maximum Gasteiger partial charge on any atom is 0.306 e. The molecule has 23 heavy (non-hydrogen) atoms. The molecule has 0 spiro atoms. The van der Waals surface area contributed by atoms with Gasteiger partial charge < -0.3 is 10.4 Å². The molecule has 3 unspecified atom stereocenters. The van der Waals surface area contributed by atoms with Crippen molar-refractivity contribution in [1.82, 2.24) is 19.9 Å². The highest BCUT2D eigenvalue weighted by molar-refractivity contribution is 5.80. The molecule has 2 aromatic rings. The molecule has 122 valence electrons. The first-order valence-corrected chi connectivity index (χ1v) is 7.89. The van der Waals surface area contributed by atoms with E-state index in [0.29, 0.717) is 18.7 Å². The van der Waals surface area contributed by atoms with Gasteiger partial charge in [0.1, 0.15) is 0 Å². The summed E-state index contributed by atoms with van der Waals surface area (Å²) < 4.78 is 1.84. The second-order valence-electron chi connectivity index (χ2n) is 6.12. The average Bonchev–Trinajstić information content (AvgIpc) is 2.99. The van der Waals surface area contributed by atoms with Crippen LogP contribution >= 0.6 is 0 Å². The molecule has 1 saturated carbocycles. The molecule has 7 heteroatoms. The number of pyridine rings is 1. The van der Waals surface area contributed by atoms with Crippen molar-refractivity contribution < 1.29 is 14.7 Å². The van der Waals surface area contributed by atoms with Gasteiger partial charge in [0, 0.05) is 12.1 Å². The van der Waals surface area contributed by atoms with Crippen LogP contribution in [0, 0.1) is 11.8 Å². The first-order chi connectivity index (χ1) is 11.1. The molecule has 2 N–H and O–H groups in total. The lowest BCUT2D eigenvalue weighted by atomic mass is 9.81. The van der Waals surface area contributed by atoms with Crippen LogP contribution in [0.5, 0.6) is 0 Å². The first-order valence-electron chi connectivity index (χ1n) is 7.89. The lowest BCUT2D eigenvalue weighted by Gasteiger charge is -2.26. The van der Waals surface area contributed by atoms with Crippen molar-refractivity contribution in [2.45, 2.75) is 38.6 Å². The maximum absolute atomic E-state index is 12.4. The van der Waals surface area contributed by atoms with Gasteiger partial charge in [-0.2, -0.15) is 0 Å². The van der Waals surface area contributed by atoms with E-state index < -0.39 is 11.9 Å². The summed E-state index contributed by atoms with van der Waals surface area (Å²) in [6, 6.07) is 5.33. The van der Waals surface area contributed by atoms with Crippen LogP contribution in [0.4, 0.5) is 0 Å². The summed E-state index contributed by atoms with van der Waals surface area (Å²) in [5.41, 5.74) is 0.729. The zero-order valence-electron chi connectivity index (χ0n) is 13.0. The smallest absolute Gasteiger partial charge is 0.306 e. The number of carbonyl (C=O) groups excluding carboxylic acids is 1. The Balaban J connectivity index is 1.68. The lowest BCUT2D eigenvalue weighted by molar-refractivity contribution is -0.144. The van der Waals surface area contributed by atoms with Crippen molar-refractivity contribution in [3.8, 4) is 0 Å². The van der Waals surface area contributed by atoms with E-state index in [4.69, 9.17) is 5.11 Å². The van der Waals surface area contributed by atoms with E-state index >= 15 is 0 Å². The van der Waals surface area contributed by atoms with Gasteiger partial charge in [0.15, 0.2) is 11.5 Å². The van der Waals surface area contributed by atoms with E-state index in [9.17, 15) is 9.59 Å². The first kappa shape index (κ1) is 15.5. The van der Waals surface area contributed by atoms with Gasteiger partial charge in [-0.3, -0.25) is 14.0 Å². The topological polar surface area (TPSA) is 96.6 Å². The highest BCUT2D eigenvalue weighted by Crippen LogP contribution is 2.29. The summed E-state index contributed by atoms with van der Waals surface area (Å²) in [6.07, 6.45) is 4.44. The summed E-state index contributed by atoms with van der Waals surface area (Å²) in [6.45, 7) is 1.86. The number of rotatable bonds is 4. The van der Waals surface area contributed by atoms with Crippen LogP contribution < -0.4 is 5.32 Å². The molecule has 0 bridgehead atoms. The van der Waals surface area contributed by atoms with E-state index in [0.717, 1.165) is 18.5 Å². The number of hydrogen-bond acceptors (Lipinski definition) is 4. The second kappa shape index (κ2) is 6.36. The number of aromatic nitrogens is 3. The van der Waals surface area contributed by atoms with E-state index in [-0.39, 0.29) is 17.9 Å². The number of aliphatic carboxylic acids is 1. The standard InChI is InChI=1S/C16H20N4O3/c1-10(14-19-18-13-7-2-3-8-20(13)14)17-15(21)11-5-4-6-12(9-11)16(22)23/h2-3,7-8,10-12H,4-6,9H2,1H3,(H,17,21)(H,22,23). The Hall–Kier alpha value is -2.44. The molecule has 1 amide bonds. The maximum atomic E-state index is 12.4. The van der Waals surface area contributed by atoms with Gasteiger partial charge >= 0.3 is 5.97 Å². The van der Waals surface area contributed by atoms with Crippen molar-refractivity contribution in [1.29, 1.82) is 0 Å². The van der Waals surface area contributed by atoms with Gasteiger partial charge in [-0.05, 0) is 38.3 Å². The molecular weight excluding hydrogens is 296 g/mol. The quantitative estimate of drug-likeness (QED) is 0.896. The summed E-state index contributed by atoms with van der Waals surface area (Å²) in [5, 5.41) is 20.3. The van der Waals surface area contributed by atoms with Crippen molar-refractivity contribution in [2.75, 3.05) is 0 Å². The van der Waals surface area contributed by atoms with Gasteiger partial charge in [-0.1, -0.05) is 12.5 Å². The van der Waals surface area contributed by atoms with Crippen molar-refractivity contribution in [2.24, 2.45) is 11.8 Å². The van der Waals surface area contributed by atoms with Crippen LogP contribution in [0.2, 0.25) is 0 Å². The monoisotopic (exact) mass is 316 g/mol. The molecule has 3 atom stereocenters. The predicted octanol–water partition coefficient (Wildman–Crippen LogP) is 1.80. The van der Waals surface area contributed by atoms with E-state index in [1.807, 2.05) is 35.7 Å². The Bertz CT molecular complexity index is 727. The number of nitrogens with one attached hydrogen (secondary N) is 1. The minimum Gasteiger partial charge on any atom is -0.481 e. The number of carboxylic acids is 1. The Morgan fingerprint density at radius 1 is 1.30 bits per heavy atom. The number of fused-ring (bicyclic) bond motifs is 1. The molecule has 1 fully saturated rings. The molecule has 3 rings (SSSR count).